The van der Waals surface area contributed by atoms with Crippen LogP contribution in [0.4, 0.5) is 18.9 Å². The van der Waals surface area contributed by atoms with Crippen molar-refractivity contribution in [3.05, 3.63) is 48.0 Å². The van der Waals surface area contributed by atoms with Crippen molar-refractivity contribution in [1.82, 2.24) is 4.72 Å². The number of rotatable bonds is 7. The number of aromatic hydroxyl groups is 1. The van der Waals surface area contributed by atoms with Crippen molar-refractivity contribution < 1.29 is 39.9 Å². The van der Waals surface area contributed by atoms with E-state index in [-0.39, 0.29) is 16.3 Å². The number of hydrogen-bond acceptors (Lipinski definition) is 6. The van der Waals surface area contributed by atoms with Crippen LogP contribution in [0.2, 0.25) is 0 Å². The zero-order chi connectivity index (χ0) is 23.6. The van der Waals surface area contributed by atoms with Crippen LogP contribution in [0, 0.1) is 0 Å². The van der Waals surface area contributed by atoms with Crippen LogP contribution >= 0.6 is 0 Å². The zero-order valence-electron chi connectivity index (χ0n) is 16.3. The number of sulfonamides is 1. The lowest BCUT2D eigenvalue weighted by atomic mass is 10.2. The van der Waals surface area contributed by atoms with E-state index in [9.17, 15) is 39.9 Å². The topological polar surface area (TPSA) is 130 Å². The number of phenols is 1. The quantitative estimate of drug-likeness (QED) is 0.522. The highest BCUT2D eigenvalue weighted by Crippen LogP contribution is 2.34. The third-order valence-electron chi connectivity index (χ3n) is 4.17. The fraction of sp³-hybridized carbons (Fsp3) is 0.278. The van der Waals surface area contributed by atoms with Gasteiger partial charge in [0.25, 0.3) is 0 Å². The molecule has 13 heteroatoms. The Balaban J connectivity index is 2.27. The van der Waals surface area contributed by atoms with Crippen molar-refractivity contribution in [2.45, 2.75) is 35.9 Å². The van der Waals surface area contributed by atoms with Gasteiger partial charge in [0.2, 0.25) is 15.9 Å². The molecule has 0 spiro atoms. The third-order valence-corrected chi connectivity index (χ3v) is 7.50. The van der Waals surface area contributed by atoms with Gasteiger partial charge in [-0.25, -0.2) is 16.8 Å². The number of amides is 1. The molecule has 0 heterocycles. The van der Waals surface area contributed by atoms with Crippen LogP contribution in [-0.4, -0.2) is 39.6 Å². The fourth-order valence-corrected chi connectivity index (χ4v) is 4.84. The predicted molar refractivity (Wildman–Crippen MR) is 106 cm³/mol. The number of halogens is 3. The van der Waals surface area contributed by atoms with E-state index in [1.165, 1.54) is 6.92 Å². The van der Waals surface area contributed by atoms with Crippen LogP contribution in [0.25, 0.3) is 0 Å². The molecule has 0 fully saturated rings. The Morgan fingerprint density at radius 3 is 2.29 bits per heavy atom. The van der Waals surface area contributed by atoms with E-state index in [1.807, 2.05) is 4.72 Å². The number of hydrogen-bond donors (Lipinski definition) is 3. The molecule has 0 saturated heterocycles. The minimum atomic E-state index is -4.94. The summed E-state index contributed by atoms with van der Waals surface area (Å²) in [4.78, 5) is 11.1. The third kappa shape index (κ3) is 5.74. The van der Waals surface area contributed by atoms with Gasteiger partial charge in [-0.2, -0.15) is 17.9 Å². The maximum absolute atomic E-state index is 13.1. The maximum atomic E-state index is 13.1. The van der Waals surface area contributed by atoms with Crippen LogP contribution < -0.4 is 10.0 Å². The van der Waals surface area contributed by atoms with Gasteiger partial charge in [-0.15, -0.1) is 0 Å². The number of benzene rings is 2. The molecular formula is C18H19F3N2O6S2. The van der Waals surface area contributed by atoms with Gasteiger partial charge in [-0.3, -0.25) is 4.79 Å². The second-order valence-electron chi connectivity index (χ2n) is 6.41. The number of sulfone groups is 1. The highest BCUT2D eigenvalue weighted by atomic mass is 32.2. The summed E-state index contributed by atoms with van der Waals surface area (Å²) in [5, 5.41) is 12.0. The molecule has 31 heavy (non-hydrogen) atoms. The van der Waals surface area contributed by atoms with E-state index < -0.39 is 54.2 Å². The summed E-state index contributed by atoms with van der Waals surface area (Å²) >= 11 is 0. The summed E-state index contributed by atoms with van der Waals surface area (Å²) in [5.74, 6) is -1.75. The van der Waals surface area contributed by atoms with Crippen molar-refractivity contribution in [2.24, 2.45) is 0 Å². The van der Waals surface area contributed by atoms with Crippen LogP contribution in [-0.2, 0) is 30.8 Å². The highest BCUT2D eigenvalue weighted by Gasteiger charge is 2.37. The first-order chi connectivity index (χ1) is 14.2. The number of nitrogens with one attached hydrogen (secondary N) is 2. The molecule has 2 rings (SSSR count). The largest absolute Gasteiger partial charge is 0.506 e. The van der Waals surface area contributed by atoms with E-state index in [2.05, 4.69) is 5.32 Å². The van der Waals surface area contributed by atoms with Gasteiger partial charge >= 0.3 is 6.18 Å². The Morgan fingerprint density at radius 1 is 1.10 bits per heavy atom. The van der Waals surface area contributed by atoms with E-state index in [0.29, 0.717) is 6.07 Å². The normalized spacial score (nSPS) is 13.6. The Bertz CT molecular complexity index is 1200. The van der Waals surface area contributed by atoms with Crippen molar-refractivity contribution in [1.29, 1.82) is 0 Å². The minimum Gasteiger partial charge on any atom is -0.506 e. The van der Waals surface area contributed by atoms with Crippen LogP contribution in [0.5, 0.6) is 5.75 Å². The first-order valence-corrected chi connectivity index (χ1v) is 11.9. The average Bonchev–Trinajstić information content (AvgIpc) is 2.68. The van der Waals surface area contributed by atoms with Gasteiger partial charge in [0.05, 0.1) is 32.8 Å². The average molecular weight is 480 g/mol. The van der Waals surface area contributed by atoms with Crippen LogP contribution in [0.3, 0.4) is 0 Å². The zero-order valence-corrected chi connectivity index (χ0v) is 17.9. The number of carbonyl (C=O) groups is 1. The molecule has 0 bridgehead atoms. The van der Waals surface area contributed by atoms with Gasteiger partial charge < -0.3 is 10.4 Å². The van der Waals surface area contributed by atoms with E-state index >= 15 is 0 Å². The summed E-state index contributed by atoms with van der Waals surface area (Å²) in [6, 6.07) is 5.07. The Kier molecular flexibility index (Phi) is 7.03. The maximum Gasteiger partial charge on any atom is 0.417 e. The lowest BCUT2D eigenvalue weighted by Gasteiger charge is -2.18. The highest BCUT2D eigenvalue weighted by molar-refractivity contribution is 7.91. The standard InChI is InChI=1S/C18H19F3N2O6S2/c1-3-30(26,27)12-8-9-15(24)14(10-12)22-17(25)11(2)23-31(28,29)16-7-5-4-6-13(16)18(19,20)21/h4-11,23-24H,3H2,1-2H3,(H,22,25)/t11-/m0/s1. The molecule has 1 atom stereocenters. The second kappa shape index (κ2) is 8.85. The Morgan fingerprint density at radius 2 is 1.71 bits per heavy atom. The number of phenolic OH excluding ortho intramolecular Hbond substituents is 1. The van der Waals surface area contributed by atoms with Gasteiger partial charge in [-0.1, -0.05) is 19.1 Å². The molecule has 0 aliphatic rings. The smallest absolute Gasteiger partial charge is 0.417 e. The van der Waals surface area contributed by atoms with Crippen LogP contribution in [0.1, 0.15) is 19.4 Å². The molecule has 2 aromatic rings. The number of carbonyl (C=O) groups excluding carboxylic acids is 1. The lowest BCUT2D eigenvalue weighted by Crippen LogP contribution is -2.42. The first kappa shape index (κ1) is 24.6. The molecule has 8 nitrogen and oxygen atoms in total. The van der Waals surface area contributed by atoms with Crippen molar-refractivity contribution in [2.75, 3.05) is 11.1 Å². The van der Waals surface area contributed by atoms with Crippen molar-refractivity contribution in [3.63, 3.8) is 0 Å². The number of alkyl halides is 3. The van der Waals surface area contributed by atoms with Gasteiger partial charge in [0.1, 0.15) is 5.75 Å². The molecule has 0 aromatic heterocycles. The molecule has 2 aromatic carbocycles. The van der Waals surface area contributed by atoms with Gasteiger partial charge in [0, 0.05) is 0 Å². The molecule has 170 valence electrons. The summed E-state index contributed by atoms with van der Waals surface area (Å²) in [6.45, 7) is 2.48. The summed E-state index contributed by atoms with van der Waals surface area (Å²) in [7, 11) is -8.40. The SMILES string of the molecule is CCS(=O)(=O)c1ccc(O)c(NC(=O)[C@H](C)NS(=O)(=O)c2ccccc2C(F)(F)F)c1. The molecule has 0 aliphatic heterocycles. The molecule has 3 N–H and O–H groups in total. The summed E-state index contributed by atoms with van der Waals surface area (Å²) in [5.41, 5.74) is -1.70. The number of anilines is 1. The lowest BCUT2D eigenvalue weighted by molar-refractivity contribution is -0.139. The molecule has 0 aliphatic carbocycles. The van der Waals surface area contributed by atoms with E-state index in [1.54, 1.807) is 0 Å². The Hall–Kier alpha value is -2.64. The fourth-order valence-electron chi connectivity index (χ4n) is 2.50. The molecule has 0 unspecified atom stereocenters. The minimum absolute atomic E-state index is 0.185. The molecule has 0 saturated carbocycles. The van der Waals surface area contributed by atoms with Crippen molar-refractivity contribution in [3.8, 4) is 5.75 Å². The second-order valence-corrected chi connectivity index (χ2v) is 10.4. The molecule has 0 radical (unpaired) electrons. The Labute approximate surface area is 177 Å². The van der Waals surface area contributed by atoms with Gasteiger partial charge in [-0.05, 0) is 37.3 Å². The molecular weight excluding hydrogens is 461 g/mol. The van der Waals surface area contributed by atoms with Crippen molar-refractivity contribution >= 4 is 31.5 Å². The van der Waals surface area contributed by atoms with Gasteiger partial charge in [0.15, 0.2) is 9.84 Å². The van der Waals surface area contributed by atoms with E-state index in [0.717, 1.165) is 43.3 Å². The predicted octanol–water partition coefficient (Wildman–Crippen LogP) is 2.51. The monoisotopic (exact) mass is 480 g/mol. The first-order valence-electron chi connectivity index (χ1n) is 8.74. The summed E-state index contributed by atoms with van der Waals surface area (Å²) < 4.78 is 90.0. The summed E-state index contributed by atoms with van der Waals surface area (Å²) in [6.07, 6.45) is -4.94. The van der Waals surface area contributed by atoms with E-state index in [4.69, 9.17) is 0 Å². The van der Waals surface area contributed by atoms with Crippen LogP contribution in [0.15, 0.2) is 52.3 Å². The molecule has 1 amide bonds.